The lowest BCUT2D eigenvalue weighted by atomic mass is 10.1. The normalized spacial score (nSPS) is 14.3. The molecule has 2 N–H and O–H groups in total. The van der Waals surface area contributed by atoms with E-state index in [9.17, 15) is 14.7 Å². The minimum Gasteiger partial charge on any atom is -0.481 e. The zero-order valence-corrected chi connectivity index (χ0v) is 9.10. The van der Waals surface area contributed by atoms with Crippen LogP contribution in [0.15, 0.2) is 0 Å². The lowest BCUT2D eigenvalue weighted by molar-refractivity contribution is -0.148. The Balaban J connectivity index is 4.02. The van der Waals surface area contributed by atoms with E-state index in [1.807, 2.05) is 6.92 Å². The van der Waals surface area contributed by atoms with Crippen LogP contribution in [0, 0.1) is 0 Å². The summed E-state index contributed by atoms with van der Waals surface area (Å²) in [7, 11) is 0. The molecule has 15 heavy (non-hydrogen) atoms. The maximum Gasteiger partial charge on any atom is 0.305 e. The second-order valence-corrected chi connectivity index (χ2v) is 3.51. The van der Waals surface area contributed by atoms with Gasteiger partial charge in [0.1, 0.15) is 6.10 Å². The van der Waals surface area contributed by atoms with Crippen LogP contribution in [0.3, 0.4) is 0 Å². The summed E-state index contributed by atoms with van der Waals surface area (Å²) >= 11 is 0. The zero-order valence-electron chi connectivity index (χ0n) is 9.10. The number of aliphatic carboxylic acids is 1. The zero-order chi connectivity index (χ0) is 11.8. The average molecular weight is 218 g/mol. The van der Waals surface area contributed by atoms with Crippen LogP contribution in [0.4, 0.5) is 0 Å². The number of carbonyl (C=O) groups is 2. The van der Waals surface area contributed by atoms with Gasteiger partial charge < -0.3 is 14.9 Å². The second kappa shape index (κ2) is 7.23. The van der Waals surface area contributed by atoms with Crippen molar-refractivity contribution in [1.82, 2.24) is 0 Å². The number of carboxylic acid groups (broad SMARTS) is 1. The predicted molar refractivity (Wildman–Crippen MR) is 53.3 cm³/mol. The van der Waals surface area contributed by atoms with Gasteiger partial charge in [-0.05, 0) is 6.42 Å². The quantitative estimate of drug-likeness (QED) is 0.621. The van der Waals surface area contributed by atoms with Crippen molar-refractivity contribution in [3.8, 4) is 0 Å². The van der Waals surface area contributed by atoms with Crippen LogP contribution in [-0.2, 0) is 14.3 Å². The summed E-state index contributed by atoms with van der Waals surface area (Å²) in [5, 5.41) is 17.8. The Hall–Kier alpha value is -1.10. The number of carboxylic acids is 1. The van der Waals surface area contributed by atoms with Crippen LogP contribution >= 0.6 is 0 Å². The Morgan fingerprint density at radius 2 is 2.00 bits per heavy atom. The first-order valence-electron chi connectivity index (χ1n) is 5.02. The van der Waals surface area contributed by atoms with Gasteiger partial charge in [0.25, 0.3) is 0 Å². The first kappa shape index (κ1) is 13.9. The molecule has 0 saturated heterocycles. The first-order chi connectivity index (χ1) is 6.95. The molecular formula is C10H18O5. The van der Waals surface area contributed by atoms with Crippen molar-refractivity contribution in [1.29, 1.82) is 0 Å². The summed E-state index contributed by atoms with van der Waals surface area (Å²) < 4.78 is 4.95. The summed E-state index contributed by atoms with van der Waals surface area (Å²) in [6.07, 6.45) is -0.0323. The Kier molecular flexibility index (Phi) is 6.70. The standard InChI is InChI=1S/C10H18O5/c1-3-4-9(15-7(2)11)5-8(12)6-10(13)14/h8-9,12H,3-6H2,1-2H3,(H,13,14). The van der Waals surface area contributed by atoms with Crippen molar-refractivity contribution in [3.63, 3.8) is 0 Å². The predicted octanol–water partition coefficient (Wildman–Crippen LogP) is 0.944. The second-order valence-electron chi connectivity index (χ2n) is 3.51. The molecule has 0 fully saturated rings. The highest BCUT2D eigenvalue weighted by Crippen LogP contribution is 2.12. The Morgan fingerprint density at radius 3 is 2.40 bits per heavy atom. The number of carbonyl (C=O) groups excluding carboxylic acids is 1. The number of aliphatic hydroxyl groups is 1. The maximum atomic E-state index is 10.7. The molecule has 0 aliphatic carbocycles. The molecular weight excluding hydrogens is 200 g/mol. The van der Waals surface area contributed by atoms with Gasteiger partial charge >= 0.3 is 11.9 Å². The van der Waals surface area contributed by atoms with Gasteiger partial charge in [0.05, 0.1) is 12.5 Å². The molecule has 0 aliphatic rings. The summed E-state index contributed by atoms with van der Waals surface area (Å²) in [6, 6.07) is 0. The van der Waals surface area contributed by atoms with Gasteiger partial charge in [-0.3, -0.25) is 9.59 Å². The van der Waals surface area contributed by atoms with Crippen LogP contribution in [0.5, 0.6) is 0 Å². The van der Waals surface area contributed by atoms with Gasteiger partial charge in [0.2, 0.25) is 0 Å². The molecule has 0 saturated carbocycles. The van der Waals surface area contributed by atoms with Gasteiger partial charge in [0.15, 0.2) is 0 Å². The molecule has 0 amide bonds. The fourth-order valence-corrected chi connectivity index (χ4v) is 1.37. The third kappa shape index (κ3) is 7.93. The number of hydrogen-bond donors (Lipinski definition) is 2. The van der Waals surface area contributed by atoms with Crippen LogP contribution in [0.1, 0.15) is 39.5 Å². The Bertz CT molecular complexity index is 214. The number of hydrogen-bond acceptors (Lipinski definition) is 4. The molecule has 0 aromatic rings. The number of rotatable bonds is 7. The van der Waals surface area contributed by atoms with E-state index in [2.05, 4.69) is 0 Å². The number of aliphatic hydroxyl groups excluding tert-OH is 1. The maximum absolute atomic E-state index is 10.7. The van der Waals surface area contributed by atoms with Crippen molar-refractivity contribution in [2.24, 2.45) is 0 Å². The Morgan fingerprint density at radius 1 is 1.40 bits per heavy atom. The van der Waals surface area contributed by atoms with Gasteiger partial charge in [0, 0.05) is 13.3 Å². The molecule has 0 heterocycles. The number of ether oxygens (including phenoxy) is 1. The van der Waals surface area contributed by atoms with Crippen LogP contribution in [-0.4, -0.2) is 34.4 Å². The smallest absolute Gasteiger partial charge is 0.305 e. The molecule has 0 radical (unpaired) electrons. The van der Waals surface area contributed by atoms with Crippen LogP contribution in [0.25, 0.3) is 0 Å². The van der Waals surface area contributed by atoms with E-state index in [1.54, 1.807) is 0 Å². The lowest BCUT2D eigenvalue weighted by Gasteiger charge is -2.18. The van der Waals surface area contributed by atoms with Gasteiger partial charge in [-0.1, -0.05) is 13.3 Å². The van der Waals surface area contributed by atoms with E-state index >= 15 is 0 Å². The summed E-state index contributed by atoms with van der Waals surface area (Å²) in [4.78, 5) is 21.0. The molecule has 2 unspecified atom stereocenters. The Labute approximate surface area is 89.0 Å². The fraction of sp³-hybridized carbons (Fsp3) is 0.800. The molecule has 5 nitrogen and oxygen atoms in total. The van der Waals surface area contributed by atoms with Crippen molar-refractivity contribution in [2.75, 3.05) is 0 Å². The van der Waals surface area contributed by atoms with E-state index in [-0.39, 0.29) is 18.9 Å². The molecule has 0 bridgehead atoms. The van der Waals surface area contributed by atoms with Gasteiger partial charge in [-0.15, -0.1) is 0 Å². The van der Waals surface area contributed by atoms with Gasteiger partial charge in [-0.25, -0.2) is 0 Å². The molecule has 0 aliphatic heterocycles. The highest BCUT2D eigenvalue weighted by molar-refractivity contribution is 5.67. The third-order valence-electron chi connectivity index (χ3n) is 1.89. The highest BCUT2D eigenvalue weighted by atomic mass is 16.5. The van der Waals surface area contributed by atoms with Crippen molar-refractivity contribution in [2.45, 2.75) is 51.7 Å². The van der Waals surface area contributed by atoms with Crippen molar-refractivity contribution >= 4 is 11.9 Å². The third-order valence-corrected chi connectivity index (χ3v) is 1.89. The summed E-state index contributed by atoms with van der Waals surface area (Å²) in [6.45, 7) is 3.23. The van der Waals surface area contributed by atoms with E-state index in [4.69, 9.17) is 9.84 Å². The van der Waals surface area contributed by atoms with Crippen molar-refractivity contribution in [3.05, 3.63) is 0 Å². The molecule has 0 spiro atoms. The summed E-state index contributed by atoms with van der Waals surface area (Å²) in [5.41, 5.74) is 0. The lowest BCUT2D eigenvalue weighted by Crippen LogP contribution is -2.24. The first-order valence-corrected chi connectivity index (χ1v) is 5.02. The topological polar surface area (TPSA) is 83.8 Å². The minimum absolute atomic E-state index is 0.180. The highest BCUT2D eigenvalue weighted by Gasteiger charge is 2.18. The van der Waals surface area contributed by atoms with Gasteiger partial charge in [-0.2, -0.15) is 0 Å². The molecule has 0 aromatic heterocycles. The number of esters is 1. The van der Waals surface area contributed by atoms with E-state index < -0.39 is 18.0 Å². The molecule has 0 aromatic carbocycles. The molecule has 5 heteroatoms. The fourth-order valence-electron chi connectivity index (χ4n) is 1.37. The molecule has 88 valence electrons. The minimum atomic E-state index is -1.06. The van der Waals surface area contributed by atoms with E-state index in [0.717, 1.165) is 6.42 Å². The summed E-state index contributed by atoms with van der Waals surface area (Å²) in [5.74, 6) is -1.46. The monoisotopic (exact) mass is 218 g/mol. The largest absolute Gasteiger partial charge is 0.481 e. The van der Waals surface area contributed by atoms with E-state index in [1.165, 1.54) is 6.92 Å². The van der Waals surface area contributed by atoms with Crippen LogP contribution < -0.4 is 0 Å². The molecule has 2 atom stereocenters. The van der Waals surface area contributed by atoms with Crippen molar-refractivity contribution < 1.29 is 24.5 Å². The van der Waals surface area contributed by atoms with Crippen LogP contribution in [0.2, 0.25) is 0 Å². The molecule has 0 rings (SSSR count). The van der Waals surface area contributed by atoms with E-state index in [0.29, 0.717) is 6.42 Å². The SMILES string of the molecule is CCCC(CC(O)CC(=O)O)OC(C)=O. The average Bonchev–Trinajstić information content (AvgIpc) is 2.00.